The van der Waals surface area contributed by atoms with Crippen LogP contribution in [-0.2, 0) is 0 Å². The monoisotopic (exact) mass is 390 g/mol. The molecule has 5 nitrogen and oxygen atoms in total. The van der Waals surface area contributed by atoms with E-state index in [0.29, 0.717) is 6.04 Å². The second-order valence-corrected chi connectivity index (χ2v) is 8.43. The molecule has 1 unspecified atom stereocenters. The number of likely N-dealkylation sites (tertiary alicyclic amines) is 1. The summed E-state index contributed by atoms with van der Waals surface area (Å²) in [6.45, 7) is 10.5. The fraction of sp³-hybridized carbons (Fsp3) is 0.417. The molecule has 1 amide bonds. The molecule has 5 heteroatoms. The zero-order valence-electron chi connectivity index (χ0n) is 18.0. The number of rotatable bonds is 4. The summed E-state index contributed by atoms with van der Waals surface area (Å²) in [4.78, 5) is 22.2. The Morgan fingerprint density at radius 3 is 2.62 bits per heavy atom. The highest BCUT2D eigenvalue weighted by Crippen LogP contribution is 2.25. The number of fused-ring (bicyclic) bond motifs is 1. The summed E-state index contributed by atoms with van der Waals surface area (Å²) in [5, 5.41) is 0. The Balaban J connectivity index is 1.60. The SMILES string of the molecule is Cc1cc(C(=O)N(C)C2CCN(C(C)C)C2)ccc1-n1c(C)nc2ccccc21. The number of hydrogen-bond donors (Lipinski definition) is 0. The Bertz CT molecular complexity index is 1050. The van der Waals surface area contributed by atoms with Crippen molar-refractivity contribution in [1.82, 2.24) is 19.4 Å². The van der Waals surface area contributed by atoms with E-state index in [-0.39, 0.29) is 11.9 Å². The van der Waals surface area contributed by atoms with Gasteiger partial charge < -0.3 is 4.90 Å². The normalized spacial score (nSPS) is 17.4. The van der Waals surface area contributed by atoms with E-state index in [2.05, 4.69) is 41.3 Å². The molecule has 1 saturated heterocycles. The number of carbonyl (C=O) groups excluding carboxylic acids is 1. The summed E-state index contributed by atoms with van der Waals surface area (Å²) in [6.07, 6.45) is 1.04. The van der Waals surface area contributed by atoms with Crippen molar-refractivity contribution in [2.45, 2.75) is 46.2 Å². The molecule has 152 valence electrons. The van der Waals surface area contributed by atoms with Crippen LogP contribution in [0.5, 0.6) is 0 Å². The first-order chi connectivity index (χ1) is 13.9. The first-order valence-electron chi connectivity index (χ1n) is 10.4. The molecule has 0 spiro atoms. The molecule has 29 heavy (non-hydrogen) atoms. The molecular weight excluding hydrogens is 360 g/mol. The number of nitrogens with zero attached hydrogens (tertiary/aromatic N) is 4. The Labute approximate surface area is 172 Å². The van der Waals surface area contributed by atoms with Gasteiger partial charge in [-0.3, -0.25) is 14.3 Å². The zero-order chi connectivity index (χ0) is 20.7. The molecular formula is C24H30N4O. The number of hydrogen-bond acceptors (Lipinski definition) is 3. The summed E-state index contributed by atoms with van der Waals surface area (Å²) in [5.41, 5.74) is 4.97. The molecule has 1 atom stereocenters. The highest BCUT2D eigenvalue weighted by molar-refractivity contribution is 5.95. The Morgan fingerprint density at radius 2 is 1.93 bits per heavy atom. The Hall–Kier alpha value is -2.66. The van der Waals surface area contributed by atoms with E-state index in [1.807, 2.05) is 55.3 Å². The van der Waals surface area contributed by atoms with Gasteiger partial charge in [-0.05, 0) is 70.0 Å². The summed E-state index contributed by atoms with van der Waals surface area (Å²) < 4.78 is 2.17. The van der Waals surface area contributed by atoms with Crippen molar-refractivity contribution in [2.75, 3.05) is 20.1 Å². The summed E-state index contributed by atoms with van der Waals surface area (Å²) >= 11 is 0. The molecule has 0 aliphatic carbocycles. The largest absolute Gasteiger partial charge is 0.337 e. The van der Waals surface area contributed by atoms with Gasteiger partial charge >= 0.3 is 0 Å². The van der Waals surface area contributed by atoms with Crippen molar-refractivity contribution >= 4 is 16.9 Å². The van der Waals surface area contributed by atoms with Gasteiger partial charge in [0.15, 0.2) is 0 Å². The summed E-state index contributed by atoms with van der Waals surface area (Å²) in [6, 6.07) is 15.0. The lowest BCUT2D eigenvalue weighted by Crippen LogP contribution is -2.40. The molecule has 2 aromatic carbocycles. The van der Waals surface area contributed by atoms with E-state index >= 15 is 0 Å². The van der Waals surface area contributed by atoms with Crippen LogP contribution >= 0.6 is 0 Å². The van der Waals surface area contributed by atoms with Gasteiger partial charge in [0.1, 0.15) is 5.82 Å². The molecule has 1 aromatic heterocycles. The maximum Gasteiger partial charge on any atom is 0.253 e. The van der Waals surface area contributed by atoms with Gasteiger partial charge in [0.2, 0.25) is 0 Å². The van der Waals surface area contributed by atoms with Crippen LogP contribution in [0, 0.1) is 13.8 Å². The third-order valence-corrected chi connectivity index (χ3v) is 6.21. The zero-order valence-corrected chi connectivity index (χ0v) is 18.0. The lowest BCUT2D eigenvalue weighted by molar-refractivity contribution is 0.0732. The van der Waals surface area contributed by atoms with Crippen LogP contribution in [0.2, 0.25) is 0 Å². The number of imidazole rings is 1. The Morgan fingerprint density at radius 1 is 1.17 bits per heavy atom. The molecule has 0 bridgehead atoms. The smallest absolute Gasteiger partial charge is 0.253 e. The van der Waals surface area contributed by atoms with Crippen molar-refractivity contribution in [1.29, 1.82) is 0 Å². The minimum absolute atomic E-state index is 0.0995. The Kier molecular flexibility index (Phi) is 5.17. The minimum Gasteiger partial charge on any atom is -0.337 e. The molecule has 0 N–H and O–H groups in total. The summed E-state index contributed by atoms with van der Waals surface area (Å²) in [5.74, 6) is 1.05. The number of carbonyl (C=O) groups is 1. The van der Waals surface area contributed by atoms with E-state index in [1.54, 1.807) is 0 Å². The number of likely N-dealkylation sites (N-methyl/N-ethyl adjacent to an activating group) is 1. The average Bonchev–Trinajstić information content (AvgIpc) is 3.31. The van der Waals surface area contributed by atoms with E-state index in [9.17, 15) is 4.79 Å². The first-order valence-corrected chi connectivity index (χ1v) is 10.4. The molecule has 1 aliphatic rings. The predicted octanol–water partition coefficient (Wildman–Crippen LogP) is 4.20. The first kappa shape index (κ1) is 19.6. The summed E-state index contributed by atoms with van der Waals surface area (Å²) in [7, 11) is 1.94. The molecule has 2 heterocycles. The van der Waals surface area contributed by atoms with Crippen molar-refractivity contribution < 1.29 is 4.79 Å². The van der Waals surface area contributed by atoms with E-state index in [1.165, 1.54) is 0 Å². The van der Waals surface area contributed by atoms with Gasteiger partial charge in [0, 0.05) is 37.8 Å². The highest BCUT2D eigenvalue weighted by atomic mass is 16.2. The molecule has 0 saturated carbocycles. The highest BCUT2D eigenvalue weighted by Gasteiger charge is 2.30. The minimum atomic E-state index is 0.0995. The topological polar surface area (TPSA) is 41.4 Å². The number of benzene rings is 2. The number of amides is 1. The number of aryl methyl sites for hydroxylation is 2. The van der Waals surface area contributed by atoms with Gasteiger partial charge in [0.25, 0.3) is 5.91 Å². The molecule has 0 radical (unpaired) electrons. The van der Waals surface area contributed by atoms with Gasteiger partial charge in [-0.25, -0.2) is 4.98 Å². The third kappa shape index (κ3) is 3.55. The van der Waals surface area contributed by atoms with Gasteiger partial charge in [-0.1, -0.05) is 12.1 Å². The van der Waals surface area contributed by atoms with Gasteiger partial charge in [0.05, 0.1) is 16.7 Å². The van der Waals surface area contributed by atoms with Crippen molar-refractivity contribution in [3.8, 4) is 5.69 Å². The molecule has 1 aliphatic heterocycles. The van der Waals surface area contributed by atoms with E-state index in [0.717, 1.165) is 53.2 Å². The molecule has 1 fully saturated rings. The van der Waals surface area contributed by atoms with Crippen LogP contribution in [0.25, 0.3) is 16.7 Å². The van der Waals surface area contributed by atoms with Gasteiger partial charge in [-0.2, -0.15) is 0 Å². The van der Waals surface area contributed by atoms with E-state index in [4.69, 9.17) is 0 Å². The quantitative estimate of drug-likeness (QED) is 0.670. The van der Waals surface area contributed by atoms with Crippen LogP contribution in [-0.4, -0.2) is 57.5 Å². The fourth-order valence-corrected chi connectivity index (χ4v) is 4.41. The van der Waals surface area contributed by atoms with Crippen molar-refractivity contribution in [3.05, 3.63) is 59.4 Å². The lowest BCUT2D eigenvalue weighted by atomic mass is 10.1. The average molecular weight is 391 g/mol. The molecule has 3 aromatic rings. The second kappa shape index (κ2) is 7.64. The third-order valence-electron chi connectivity index (χ3n) is 6.21. The fourth-order valence-electron chi connectivity index (χ4n) is 4.41. The van der Waals surface area contributed by atoms with Crippen LogP contribution in [0.15, 0.2) is 42.5 Å². The number of aromatic nitrogens is 2. The molecule has 4 rings (SSSR count). The lowest BCUT2D eigenvalue weighted by Gasteiger charge is -2.26. The predicted molar refractivity (Wildman–Crippen MR) is 118 cm³/mol. The maximum absolute atomic E-state index is 13.1. The van der Waals surface area contributed by atoms with Crippen LogP contribution in [0.4, 0.5) is 0 Å². The number of para-hydroxylation sites is 2. The van der Waals surface area contributed by atoms with Crippen LogP contribution < -0.4 is 0 Å². The van der Waals surface area contributed by atoms with Crippen LogP contribution in [0.3, 0.4) is 0 Å². The van der Waals surface area contributed by atoms with Gasteiger partial charge in [-0.15, -0.1) is 0 Å². The standard InChI is InChI=1S/C24H30N4O/c1-16(2)27-13-12-20(15-27)26(5)24(29)19-10-11-22(17(3)14-19)28-18(4)25-21-8-6-7-9-23(21)28/h6-11,14,16,20H,12-13,15H2,1-5H3. The maximum atomic E-state index is 13.1. The van der Waals surface area contributed by atoms with Crippen LogP contribution in [0.1, 0.15) is 42.0 Å². The van der Waals surface area contributed by atoms with Crippen molar-refractivity contribution in [2.24, 2.45) is 0 Å². The van der Waals surface area contributed by atoms with E-state index < -0.39 is 0 Å². The second-order valence-electron chi connectivity index (χ2n) is 8.43. The van der Waals surface area contributed by atoms with Crippen molar-refractivity contribution in [3.63, 3.8) is 0 Å².